The molecule has 0 spiro atoms. The van der Waals surface area contributed by atoms with Gasteiger partial charge in [-0.15, -0.1) is 0 Å². The van der Waals surface area contributed by atoms with E-state index in [0.29, 0.717) is 17.3 Å². The van der Waals surface area contributed by atoms with E-state index in [-0.39, 0.29) is 0 Å². The molecule has 2 aromatic rings. The summed E-state index contributed by atoms with van der Waals surface area (Å²) in [4.78, 5) is 20.8. The SMILES string of the molecule is O=C(Nc1ccc(CC2CNC2)cc1)Nc1ccc(C(F)(F)F)cc1.O=C(O)C(F)(F)F. The predicted octanol–water partition coefficient (Wildman–Crippen LogP) is 4.74. The number of anilines is 2. The van der Waals surface area contributed by atoms with Gasteiger partial charge in [0.15, 0.2) is 0 Å². The lowest BCUT2D eigenvalue weighted by molar-refractivity contribution is -0.192. The third-order valence-corrected chi connectivity index (χ3v) is 4.31. The van der Waals surface area contributed by atoms with Gasteiger partial charge in [-0.3, -0.25) is 0 Å². The lowest BCUT2D eigenvalue weighted by Crippen LogP contribution is -2.43. The topological polar surface area (TPSA) is 90.5 Å². The minimum Gasteiger partial charge on any atom is -0.475 e. The molecule has 2 aromatic carbocycles. The summed E-state index contributed by atoms with van der Waals surface area (Å²) in [6.45, 7) is 2.07. The Morgan fingerprint density at radius 1 is 0.875 bits per heavy atom. The second kappa shape index (κ2) is 10.4. The maximum Gasteiger partial charge on any atom is 0.490 e. The lowest BCUT2D eigenvalue weighted by Gasteiger charge is -2.27. The summed E-state index contributed by atoms with van der Waals surface area (Å²) >= 11 is 0. The van der Waals surface area contributed by atoms with Gasteiger partial charge in [-0.1, -0.05) is 12.1 Å². The van der Waals surface area contributed by atoms with Crippen molar-refractivity contribution in [3.63, 3.8) is 0 Å². The van der Waals surface area contributed by atoms with Crippen molar-refractivity contribution in [2.75, 3.05) is 23.7 Å². The summed E-state index contributed by atoms with van der Waals surface area (Å²) in [6, 6.07) is 11.4. The summed E-state index contributed by atoms with van der Waals surface area (Å²) < 4.78 is 69.2. The molecule has 4 N–H and O–H groups in total. The number of carboxylic acids is 1. The first-order valence-electron chi connectivity index (χ1n) is 9.19. The van der Waals surface area contributed by atoms with Crippen LogP contribution in [0.4, 0.5) is 42.5 Å². The number of halogens is 6. The van der Waals surface area contributed by atoms with Crippen molar-refractivity contribution in [1.29, 1.82) is 0 Å². The minimum atomic E-state index is -5.08. The molecule has 0 radical (unpaired) electrons. The largest absolute Gasteiger partial charge is 0.490 e. The molecule has 0 atom stereocenters. The third-order valence-electron chi connectivity index (χ3n) is 4.31. The highest BCUT2D eigenvalue weighted by atomic mass is 19.4. The van der Waals surface area contributed by atoms with E-state index in [1.54, 1.807) is 0 Å². The van der Waals surface area contributed by atoms with Gasteiger partial charge in [0.1, 0.15) is 0 Å². The number of alkyl halides is 6. The van der Waals surface area contributed by atoms with Crippen molar-refractivity contribution in [1.82, 2.24) is 5.32 Å². The highest BCUT2D eigenvalue weighted by molar-refractivity contribution is 5.99. The number of hydrogen-bond donors (Lipinski definition) is 4. The smallest absolute Gasteiger partial charge is 0.475 e. The average Bonchev–Trinajstić information content (AvgIpc) is 2.65. The molecule has 0 saturated carbocycles. The van der Waals surface area contributed by atoms with Gasteiger partial charge in [0.05, 0.1) is 5.56 Å². The highest BCUT2D eigenvalue weighted by Crippen LogP contribution is 2.29. The molecule has 32 heavy (non-hydrogen) atoms. The molecule has 174 valence electrons. The molecule has 0 aliphatic carbocycles. The van der Waals surface area contributed by atoms with Crippen molar-refractivity contribution in [2.24, 2.45) is 5.92 Å². The van der Waals surface area contributed by atoms with Crippen LogP contribution in [-0.2, 0) is 17.4 Å². The van der Waals surface area contributed by atoms with E-state index in [4.69, 9.17) is 9.90 Å². The van der Waals surface area contributed by atoms with Gasteiger partial charge < -0.3 is 21.1 Å². The van der Waals surface area contributed by atoms with Crippen LogP contribution in [-0.4, -0.2) is 36.4 Å². The van der Waals surface area contributed by atoms with E-state index < -0.39 is 29.9 Å². The molecule has 1 heterocycles. The van der Waals surface area contributed by atoms with Crippen LogP contribution in [0.25, 0.3) is 0 Å². The zero-order chi connectivity index (χ0) is 23.9. The molecule has 2 amide bonds. The van der Waals surface area contributed by atoms with Gasteiger partial charge in [0, 0.05) is 11.4 Å². The number of urea groups is 1. The van der Waals surface area contributed by atoms with Crippen LogP contribution < -0.4 is 16.0 Å². The number of benzene rings is 2. The Labute approximate surface area is 178 Å². The molecule has 0 unspecified atom stereocenters. The summed E-state index contributed by atoms with van der Waals surface area (Å²) in [6.07, 6.45) is -8.47. The standard InChI is InChI=1S/C18H18F3N3O.C2HF3O2/c19-18(20,21)14-3-7-16(8-4-14)24-17(25)23-15-5-1-12(2-6-15)9-13-10-22-11-13;3-2(4,5)1(6)7/h1-8,13,22H,9-11H2,(H2,23,24,25);(H,6,7). The van der Waals surface area contributed by atoms with Gasteiger partial charge in [-0.25, -0.2) is 9.59 Å². The zero-order valence-electron chi connectivity index (χ0n) is 16.3. The van der Waals surface area contributed by atoms with E-state index >= 15 is 0 Å². The van der Waals surface area contributed by atoms with Crippen molar-refractivity contribution in [2.45, 2.75) is 18.8 Å². The number of amides is 2. The molecule has 3 rings (SSSR count). The van der Waals surface area contributed by atoms with Gasteiger partial charge in [0.2, 0.25) is 0 Å². The molecule has 0 aromatic heterocycles. The minimum absolute atomic E-state index is 0.291. The zero-order valence-corrected chi connectivity index (χ0v) is 16.3. The Morgan fingerprint density at radius 3 is 1.66 bits per heavy atom. The Kier molecular flexibility index (Phi) is 8.08. The number of carbonyl (C=O) groups is 2. The van der Waals surface area contributed by atoms with Crippen LogP contribution in [0.2, 0.25) is 0 Å². The number of carbonyl (C=O) groups excluding carboxylic acids is 1. The molecule has 1 saturated heterocycles. The fourth-order valence-electron chi connectivity index (χ4n) is 2.59. The highest BCUT2D eigenvalue weighted by Gasteiger charge is 2.38. The van der Waals surface area contributed by atoms with Crippen LogP contribution in [0.1, 0.15) is 11.1 Å². The second-order valence-electron chi connectivity index (χ2n) is 6.88. The summed E-state index contributed by atoms with van der Waals surface area (Å²) in [5.41, 5.74) is 1.37. The molecular weight excluding hydrogens is 444 g/mol. The fraction of sp³-hybridized carbons (Fsp3) is 0.300. The number of hydrogen-bond acceptors (Lipinski definition) is 3. The van der Waals surface area contributed by atoms with Gasteiger partial charge in [-0.05, 0) is 67.4 Å². The van der Waals surface area contributed by atoms with Crippen LogP contribution in [0, 0.1) is 5.92 Å². The van der Waals surface area contributed by atoms with Crippen LogP contribution in [0.15, 0.2) is 48.5 Å². The average molecular weight is 463 g/mol. The maximum atomic E-state index is 12.5. The number of nitrogens with one attached hydrogen (secondary N) is 3. The third kappa shape index (κ3) is 8.10. The molecule has 1 aliphatic heterocycles. The van der Waals surface area contributed by atoms with Crippen molar-refractivity contribution in [3.8, 4) is 0 Å². The summed E-state index contributed by atoms with van der Waals surface area (Å²) in [5.74, 6) is -2.09. The first-order valence-corrected chi connectivity index (χ1v) is 9.19. The monoisotopic (exact) mass is 463 g/mol. The fourth-order valence-corrected chi connectivity index (χ4v) is 2.59. The Balaban J connectivity index is 0.000000451. The van der Waals surface area contributed by atoms with Gasteiger partial charge >= 0.3 is 24.4 Å². The van der Waals surface area contributed by atoms with Crippen molar-refractivity contribution < 1.29 is 41.0 Å². The molecule has 1 aliphatic rings. The van der Waals surface area contributed by atoms with Gasteiger partial charge in [-0.2, -0.15) is 26.3 Å². The van der Waals surface area contributed by atoms with E-state index in [1.165, 1.54) is 17.7 Å². The maximum absolute atomic E-state index is 12.5. The second-order valence-corrected chi connectivity index (χ2v) is 6.88. The molecule has 0 bridgehead atoms. The van der Waals surface area contributed by atoms with Crippen LogP contribution >= 0.6 is 0 Å². The number of rotatable bonds is 4. The first kappa shape index (κ1) is 25.0. The molecule has 12 heteroatoms. The van der Waals surface area contributed by atoms with E-state index in [2.05, 4.69) is 16.0 Å². The molecule has 1 fully saturated rings. The van der Waals surface area contributed by atoms with Crippen LogP contribution in [0.5, 0.6) is 0 Å². The van der Waals surface area contributed by atoms with E-state index in [9.17, 15) is 31.1 Å². The number of carboxylic acid groups (broad SMARTS) is 1. The Hall–Kier alpha value is -3.28. The van der Waals surface area contributed by atoms with Gasteiger partial charge in [0.25, 0.3) is 0 Å². The lowest BCUT2D eigenvalue weighted by atomic mass is 9.94. The quantitative estimate of drug-likeness (QED) is 0.493. The van der Waals surface area contributed by atoms with Crippen molar-refractivity contribution in [3.05, 3.63) is 59.7 Å². The Morgan fingerprint density at radius 2 is 1.31 bits per heavy atom. The van der Waals surface area contributed by atoms with E-state index in [1.807, 2.05) is 24.3 Å². The van der Waals surface area contributed by atoms with E-state index in [0.717, 1.165) is 31.6 Å². The molecule has 6 nitrogen and oxygen atoms in total. The number of aliphatic carboxylic acids is 1. The van der Waals surface area contributed by atoms with Crippen molar-refractivity contribution >= 4 is 23.4 Å². The Bertz CT molecular complexity index is 908. The molecular formula is C20H19F6N3O3. The summed E-state index contributed by atoms with van der Waals surface area (Å²) in [7, 11) is 0. The first-order chi connectivity index (χ1) is 14.8. The normalized spacial score (nSPS) is 13.9. The predicted molar refractivity (Wildman–Crippen MR) is 104 cm³/mol. The summed E-state index contributed by atoms with van der Waals surface area (Å²) in [5, 5.41) is 15.5. The van der Waals surface area contributed by atoms with Crippen LogP contribution in [0.3, 0.4) is 0 Å².